The van der Waals surface area contributed by atoms with Crippen LogP contribution in [0.25, 0.3) is 11.1 Å². The molecule has 0 saturated heterocycles. The zero-order valence-electron chi connectivity index (χ0n) is 14.6. The molecule has 1 aliphatic rings. The highest BCUT2D eigenvalue weighted by molar-refractivity contribution is 9.10. The van der Waals surface area contributed by atoms with Gasteiger partial charge in [0.25, 0.3) is 5.91 Å². The number of rotatable bonds is 5. The first-order valence-electron chi connectivity index (χ1n) is 8.68. The van der Waals surface area contributed by atoms with Crippen LogP contribution in [0.1, 0.15) is 11.1 Å². The number of nitrogens with zero attached hydrogens (tertiary/aromatic N) is 2. The largest absolute Gasteiger partial charge is 0.279 e. The summed E-state index contributed by atoms with van der Waals surface area (Å²) in [6, 6.07) is 18.5. The molecule has 3 aromatic rings. The third kappa shape index (κ3) is 4.28. The summed E-state index contributed by atoms with van der Waals surface area (Å²) >= 11 is 5.27. The average molecular weight is 440 g/mol. The molecule has 0 aliphatic carbocycles. The van der Waals surface area contributed by atoms with E-state index in [9.17, 15) is 4.79 Å². The van der Waals surface area contributed by atoms with E-state index in [1.807, 2.05) is 24.3 Å². The fraction of sp³-hybridized carbons (Fsp3) is 0.143. The average Bonchev–Trinajstić information content (AvgIpc) is 3.22. The van der Waals surface area contributed by atoms with Gasteiger partial charge < -0.3 is 0 Å². The number of benzene rings is 2. The van der Waals surface area contributed by atoms with Crippen molar-refractivity contribution < 1.29 is 4.79 Å². The lowest BCUT2D eigenvalue weighted by Gasteiger charge is -2.28. The Bertz CT molecular complexity index is 970. The third-order valence-corrected chi connectivity index (χ3v) is 5.55. The van der Waals surface area contributed by atoms with Crippen LogP contribution in [0.3, 0.4) is 0 Å². The lowest BCUT2D eigenvalue weighted by Crippen LogP contribution is -2.51. The van der Waals surface area contributed by atoms with Crippen molar-refractivity contribution in [3.63, 3.8) is 0 Å². The van der Waals surface area contributed by atoms with Crippen LogP contribution < -0.4 is 5.43 Å². The number of carbonyl (C=O) groups excluding carboxylic acids is 1. The Kier molecular flexibility index (Phi) is 5.36. The lowest BCUT2D eigenvalue weighted by atomic mass is 10.1. The number of halogens is 1. The van der Waals surface area contributed by atoms with Gasteiger partial charge >= 0.3 is 0 Å². The second-order valence-corrected chi connectivity index (χ2v) is 7.99. The summed E-state index contributed by atoms with van der Waals surface area (Å²) in [5.74, 6) is 0.711. The van der Waals surface area contributed by atoms with Crippen LogP contribution in [0, 0.1) is 0 Å². The van der Waals surface area contributed by atoms with E-state index in [4.69, 9.17) is 0 Å². The second kappa shape index (κ2) is 8.06. The lowest BCUT2D eigenvalue weighted by molar-refractivity contribution is -0.132. The predicted octanol–water partition coefficient (Wildman–Crippen LogP) is 4.51. The van der Waals surface area contributed by atoms with E-state index < -0.39 is 0 Å². The summed E-state index contributed by atoms with van der Waals surface area (Å²) in [7, 11) is 0. The van der Waals surface area contributed by atoms with E-state index in [1.165, 1.54) is 11.1 Å². The van der Waals surface area contributed by atoms with Gasteiger partial charge in [-0.3, -0.25) is 20.2 Å². The number of thiophene rings is 1. The molecule has 0 atom stereocenters. The fourth-order valence-corrected chi connectivity index (χ4v) is 4.16. The maximum atomic E-state index is 12.3. The number of carbonyl (C=O) groups is 1. The first-order chi connectivity index (χ1) is 13.2. The first-order valence-corrected chi connectivity index (χ1v) is 10.4. The molecule has 1 amide bonds. The first kappa shape index (κ1) is 17.9. The summed E-state index contributed by atoms with van der Waals surface area (Å²) in [5, 5.41) is 5.86. The van der Waals surface area contributed by atoms with Gasteiger partial charge in [-0.1, -0.05) is 46.3 Å². The zero-order valence-corrected chi connectivity index (χ0v) is 17.0. The molecule has 0 unspecified atom stereocenters. The fourth-order valence-electron chi connectivity index (χ4n) is 3.00. The summed E-state index contributed by atoms with van der Waals surface area (Å²) in [6.45, 7) is 0.769. The molecule has 136 valence electrons. The zero-order chi connectivity index (χ0) is 18.6. The maximum Gasteiger partial charge on any atom is 0.262 e. The maximum absolute atomic E-state index is 12.3. The minimum Gasteiger partial charge on any atom is -0.279 e. The second-order valence-electron chi connectivity index (χ2n) is 6.30. The topological polar surface area (TPSA) is 44.7 Å². The van der Waals surface area contributed by atoms with Crippen molar-refractivity contribution >= 4 is 39.0 Å². The Morgan fingerprint density at radius 2 is 1.89 bits per heavy atom. The molecule has 1 aliphatic heterocycles. The van der Waals surface area contributed by atoms with E-state index in [0.717, 1.165) is 27.9 Å². The highest BCUT2D eigenvalue weighted by Gasteiger charge is 2.21. The molecule has 27 heavy (non-hydrogen) atoms. The molecule has 1 N–H and O–H groups in total. The van der Waals surface area contributed by atoms with Gasteiger partial charge in [0, 0.05) is 16.6 Å². The molecule has 0 fully saturated rings. The van der Waals surface area contributed by atoms with E-state index in [-0.39, 0.29) is 12.5 Å². The molecular formula is C21H18BrN3OS. The van der Waals surface area contributed by atoms with Gasteiger partial charge in [-0.25, -0.2) is 0 Å². The van der Waals surface area contributed by atoms with Crippen molar-refractivity contribution in [2.45, 2.75) is 6.42 Å². The van der Waals surface area contributed by atoms with Crippen molar-refractivity contribution in [3.05, 3.63) is 81.0 Å². The van der Waals surface area contributed by atoms with Crippen LogP contribution in [0.15, 0.2) is 74.8 Å². The number of aliphatic imine (C=N–C) groups is 1. The Hall–Kier alpha value is -2.44. The van der Waals surface area contributed by atoms with Crippen LogP contribution in [0.2, 0.25) is 0 Å². The van der Waals surface area contributed by atoms with Crippen LogP contribution in [-0.4, -0.2) is 29.8 Å². The normalized spacial score (nSPS) is 14.0. The predicted molar refractivity (Wildman–Crippen MR) is 114 cm³/mol. The molecule has 0 saturated carbocycles. The van der Waals surface area contributed by atoms with E-state index in [1.54, 1.807) is 16.3 Å². The van der Waals surface area contributed by atoms with E-state index >= 15 is 0 Å². The Labute approximate surface area is 170 Å². The molecule has 6 heteroatoms. The Morgan fingerprint density at radius 3 is 2.67 bits per heavy atom. The molecule has 1 aromatic heterocycles. The van der Waals surface area contributed by atoms with Crippen LogP contribution >= 0.6 is 27.3 Å². The molecule has 4 rings (SSSR count). The number of hydrazine groups is 1. The molecule has 0 radical (unpaired) electrons. The summed E-state index contributed by atoms with van der Waals surface area (Å²) in [5.41, 5.74) is 7.67. The number of hydrogen-bond donors (Lipinski definition) is 1. The van der Waals surface area contributed by atoms with Gasteiger partial charge in [-0.05, 0) is 58.1 Å². The summed E-state index contributed by atoms with van der Waals surface area (Å²) < 4.78 is 0.985. The van der Waals surface area contributed by atoms with Crippen molar-refractivity contribution in [2.75, 3.05) is 13.1 Å². The minimum absolute atomic E-state index is 0.0114. The third-order valence-electron chi connectivity index (χ3n) is 4.41. The number of hydrogen-bond acceptors (Lipinski definition) is 4. The monoisotopic (exact) mass is 439 g/mol. The van der Waals surface area contributed by atoms with Crippen molar-refractivity contribution in [2.24, 2.45) is 4.99 Å². The Balaban J connectivity index is 1.53. The van der Waals surface area contributed by atoms with Crippen molar-refractivity contribution in [3.8, 4) is 11.1 Å². The standard InChI is InChI=1S/C21H18BrN3OS/c22-19-11-17(16-7-9-27-14-16)10-18(12-19)21-23-13-20(26)25(24-21)8-6-15-4-2-1-3-5-15/h1-5,7,9-12,14H,6,8,13H2,(H,23,24). The van der Waals surface area contributed by atoms with Gasteiger partial charge in [-0.2, -0.15) is 11.3 Å². The summed E-state index contributed by atoms with van der Waals surface area (Å²) in [4.78, 5) is 16.7. The molecular weight excluding hydrogens is 422 g/mol. The van der Waals surface area contributed by atoms with E-state index in [0.29, 0.717) is 6.54 Å². The van der Waals surface area contributed by atoms with Crippen LogP contribution in [0.4, 0.5) is 0 Å². The number of amidine groups is 1. The highest BCUT2D eigenvalue weighted by Crippen LogP contribution is 2.27. The Morgan fingerprint density at radius 1 is 1.07 bits per heavy atom. The highest BCUT2D eigenvalue weighted by atomic mass is 79.9. The van der Waals surface area contributed by atoms with Crippen LogP contribution in [-0.2, 0) is 11.2 Å². The smallest absolute Gasteiger partial charge is 0.262 e. The molecule has 4 nitrogen and oxygen atoms in total. The van der Waals surface area contributed by atoms with Gasteiger partial charge in [0.2, 0.25) is 0 Å². The quantitative estimate of drug-likeness (QED) is 0.635. The van der Waals surface area contributed by atoms with Gasteiger partial charge in [0.05, 0.1) is 0 Å². The minimum atomic E-state index is -0.0114. The number of amides is 1. The van der Waals surface area contributed by atoms with Crippen LogP contribution in [0.5, 0.6) is 0 Å². The summed E-state index contributed by atoms with van der Waals surface area (Å²) in [6.07, 6.45) is 0.797. The van der Waals surface area contributed by atoms with Crippen molar-refractivity contribution in [1.29, 1.82) is 0 Å². The number of nitrogens with one attached hydrogen (secondary N) is 1. The molecule has 2 aromatic carbocycles. The van der Waals surface area contributed by atoms with Crippen molar-refractivity contribution in [1.82, 2.24) is 10.4 Å². The van der Waals surface area contributed by atoms with Gasteiger partial charge in [0.15, 0.2) is 0 Å². The molecule has 2 heterocycles. The van der Waals surface area contributed by atoms with Gasteiger partial charge in [-0.15, -0.1) is 0 Å². The van der Waals surface area contributed by atoms with E-state index in [2.05, 4.69) is 67.4 Å². The molecule has 0 spiro atoms. The molecule has 0 bridgehead atoms. The SMILES string of the molecule is O=C1CN=C(c2cc(Br)cc(-c3ccsc3)c2)NN1CCc1ccccc1. The van der Waals surface area contributed by atoms with Gasteiger partial charge in [0.1, 0.15) is 12.4 Å².